The van der Waals surface area contributed by atoms with Gasteiger partial charge in [0.25, 0.3) is 0 Å². The number of rotatable bonds is 4. The molecule has 2 amide bonds. The summed E-state index contributed by atoms with van der Waals surface area (Å²) in [5, 5.41) is 3.17. The van der Waals surface area contributed by atoms with Crippen LogP contribution in [0.3, 0.4) is 0 Å². The summed E-state index contributed by atoms with van der Waals surface area (Å²) in [6.45, 7) is 1.26. The Morgan fingerprint density at radius 3 is 2.40 bits per heavy atom. The number of benzene rings is 1. The summed E-state index contributed by atoms with van der Waals surface area (Å²) in [5.74, 6) is -0.00191. The molecule has 0 aromatic heterocycles. The van der Waals surface area contributed by atoms with E-state index < -0.39 is 0 Å². The molecular weight excluding hydrogens is 319 g/mol. The van der Waals surface area contributed by atoms with Crippen molar-refractivity contribution in [3.8, 4) is 0 Å². The standard InChI is InChI=1S/C20H27FN2O2/c21-18-9-5-4-8-16(18)14-19(24)23-12-10-17(11-13-23)22-20(25)15-6-2-1-3-7-15/h4-5,8-9,15,17H,1-3,6-7,10-14H2,(H,22,25). The van der Waals surface area contributed by atoms with Gasteiger partial charge in [0.15, 0.2) is 0 Å². The van der Waals surface area contributed by atoms with Crippen molar-refractivity contribution in [3.63, 3.8) is 0 Å². The first-order valence-corrected chi connectivity index (χ1v) is 9.45. The molecule has 1 aromatic rings. The molecule has 1 saturated heterocycles. The zero-order valence-electron chi connectivity index (χ0n) is 14.7. The van der Waals surface area contributed by atoms with Gasteiger partial charge in [-0.3, -0.25) is 9.59 Å². The zero-order valence-corrected chi connectivity index (χ0v) is 14.7. The van der Waals surface area contributed by atoms with E-state index in [0.29, 0.717) is 18.7 Å². The molecule has 5 heteroatoms. The van der Waals surface area contributed by atoms with Crippen LogP contribution in [0.1, 0.15) is 50.5 Å². The van der Waals surface area contributed by atoms with Crippen LogP contribution in [0.2, 0.25) is 0 Å². The number of likely N-dealkylation sites (tertiary alicyclic amines) is 1. The third kappa shape index (κ3) is 4.80. The van der Waals surface area contributed by atoms with Crippen LogP contribution >= 0.6 is 0 Å². The van der Waals surface area contributed by atoms with Crippen molar-refractivity contribution >= 4 is 11.8 Å². The maximum Gasteiger partial charge on any atom is 0.227 e. The van der Waals surface area contributed by atoms with Crippen LogP contribution in [0.25, 0.3) is 0 Å². The Morgan fingerprint density at radius 2 is 1.72 bits per heavy atom. The van der Waals surface area contributed by atoms with Crippen LogP contribution in [0.15, 0.2) is 24.3 Å². The number of nitrogens with one attached hydrogen (secondary N) is 1. The minimum absolute atomic E-state index is 0.0397. The lowest BCUT2D eigenvalue weighted by molar-refractivity contribution is -0.132. The highest BCUT2D eigenvalue weighted by molar-refractivity contribution is 5.80. The molecule has 25 heavy (non-hydrogen) atoms. The number of nitrogens with zero attached hydrogens (tertiary/aromatic N) is 1. The minimum atomic E-state index is -0.328. The third-order valence-corrected chi connectivity index (χ3v) is 5.47. The van der Waals surface area contributed by atoms with Crippen molar-refractivity contribution in [3.05, 3.63) is 35.6 Å². The number of carbonyl (C=O) groups is 2. The average molecular weight is 346 g/mol. The summed E-state index contributed by atoms with van der Waals surface area (Å²) < 4.78 is 13.7. The van der Waals surface area contributed by atoms with Crippen LogP contribution in [0.4, 0.5) is 4.39 Å². The molecule has 0 atom stereocenters. The van der Waals surface area contributed by atoms with Crippen LogP contribution in [0.5, 0.6) is 0 Å². The first-order chi connectivity index (χ1) is 12.1. The van der Waals surface area contributed by atoms with E-state index in [4.69, 9.17) is 0 Å². The summed E-state index contributed by atoms with van der Waals surface area (Å²) >= 11 is 0. The Morgan fingerprint density at radius 1 is 1.04 bits per heavy atom. The van der Waals surface area contributed by atoms with Crippen molar-refractivity contribution in [2.75, 3.05) is 13.1 Å². The Kier molecular flexibility index (Phi) is 6.05. The van der Waals surface area contributed by atoms with Crippen LogP contribution in [-0.4, -0.2) is 35.8 Å². The van der Waals surface area contributed by atoms with Gasteiger partial charge in [0.2, 0.25) is 11.8 Å². The van der Waals surface area contributed by atoms with Gasteiger partial charge >= 0.3 is 0 Å². The van der Waals surface area contributed by atoms with Crippen LogP contribution in [0, 0.1) is 11.7 Å². The molecule has 0 spiro atoms. The normalized spacial score (nSPS) is 19.6. The molecule has 1 aliphatic carbocycles. The molecule has 1 aromatic carbocycles. The maximum atomic E-state index is 13.7. The predicted molar refractivity (Wildman–Crippen MR) is 94.4 cm³/mol. The molecule has 2 fully saturated rings. The summed E-state index contributed by atoms with van der Waals surface area (Å²) in [7, 11) is 0. The highest BCUT2D eigenvalue weighted by Gasteiger charge is 2.27. The second kappa shape index (κ2) is 8.45. The van der Waals surface area contributed by atoms with Gasteiger partial charge in [-0.05, 0) is 37.3 Å². The second-order valence-corrected chi connectivity index (χ2v) is 7.27. The smallest absolute Gasteiger partial charge is 0.227 e. The van der Waals surface area contributed by atoms with E-state index in [0.717, 1.165) is 38.5 Å². The number of hydrogen-bond acceptors (Lipinski definition) is 2. The van der Waals surface area contributed by atoms with Crippen molar-refractivity contribution in [2.24, 2.45) is 5.92 Å². The van der Waals surface area contributed by atoms with E-state index in [1.165, 1.54) is 12.5 Å². The number of carbonyl (C=O) groups excluding carboxylic acids is 2. The Bertz CT molecular complexity index is 605. The molecule has 0 bridgehead atoms. The summed E-state index contributed by atoms with van der Waals surface area (Å²) in [5.41, 5.74) is 0.445. The van der Waals surface area contributed by atoms with Gasteiger partial charge in [-0.1, -0.05) is 37.5 Å². The lowest BCUT2D eigenvalue weighted by Gasteiger charge is -2.33. The molecular formula is C20H27FN2O2. The number of halogens is 1. The van der Waals surface area contributed by atoms with Crippen molar-refractivity contribution in [1.82, 2.24) is 10.2 Å². The molecule has 0 unspecified atom stereocenters. The van der Waals surface area contributed by atoms with Gasteiger partial charge in [0.1, 0.15) is 5.82 Å². The first kappa shape index (κ1) is 17.9. The van der Waals surface area contributed by atoms with E-state index in [1.54, 1.807) is 23.1 Å². The SMILES string of the molecule is O=C(NC1CCN(C(=O)Cc2ccccc2F)CC1)C1CCCCC1. The van der Waals surface area contributed by atoms with Crippen LogP contribution < -0.4 is 5.32 Å². The average Bonchev–Trinajstić information content (AvgIpc) is 2.65. The van der Waals surface area contributed by atoms with E-state index in [1.807, 2.05) is 0 Å². The van der Waals surface area contributed by atoms with Gasteiger partial charge in [-0.15, -0.1) is 0 Å². The van der Waals surface area contributed by atoms with Gasteiger partial charge in [-0.2, -0.15) is 0 Å². The van der Waals surface area contributed by atoms with Gasteiger partial charge < -0.3 is 10.2 Å². The minimum Gasteiger partial charge on any atom is -0.353 e. The molecule has 3 rings (SSSR count). The third-order valence-electron chi connectivity index (χ3n) is 5.47. The molecule has 1 heterocycles. The van der Waals surface area contributed by atoms with Crippen molar-refractivity contribution in [2.45, 2.75) is 57.4 Å². The fourth-order valence-electron chi connectivity index (χ4n) is 3.87. The molecule has 136 valence electrons. The first-order valence-electron chi connectivity index (χ1n) is 9.45. The second-order valence-electron chi connectivity index (χ2n) is 7.27. The highest BCUT2D eigenvalue weighted by Crippen LogP contribution is 2.24. The van der Waals surface area contributed by atoms with Crippen molar-refractivity contribution in [1.29, 1.82) is 0 Å². The van der Waals surface area contributed by atoms with Gasteiger partial charge in [-0.25, -0.2) is 4.39 Å². The Balaban J connectivity index is 1.44. The molecule has 4 nitrogen and oxygen atoms in total. The lowest BCUT2D eigenvalue weighted by Crippen LogP contribution is -2.48. The van der Waals surface area contributed by atoms with Crippen LogP contribution in [-0.2, 0) is 16.0 Å². The van der Waals surface area contributed by atoms with Gasteiger partial charge in [0.05, 0.1) is 6.42 Å². The Labute approximate surface area is 148 Å². The summed E-state index contributed by atoms with van der Waals surface area (Å²) in [4.78, 5) is 26.5. The molecule has 2 aliphatic rings. The summed E-state index contributed by atoms with van der Waals surface area (Å²) in [6, 6.07) is 6.58. The fraction of sp³-hybridized carbons (Fsp3) is 0.600. The monoisotopic (exact) mass is 346 g/mol. The van der Waals surface area contributed by atoms with Crippen molar-refractivity contribution < 1.29 is 14.0 Å². The predicted octanol–water partition coefficient (Wildman–Crippen LogP) is 3.06. The highest BCUT2D eigenvalue weighted by atomic mass is 19.1. The van der Waals surface area contributed by atoms with E-state index in [9.17, 15) is 14.0 Å². The summed E-state index contributed by atoms with van der Waals surface area (Å²) in [6.07, 6.45) is 7.22. The zero-order chi connectivity index (χ0) is 17.6. The Hall–Kier alpha value is -1.91. The molecule has 1 aliphatic heterocycles. The largest absolute Gasteiger partial charge is 0.353 e. The maximum absolute atomic E-state index is 13.7. The van der Waals surface area contributed by atoms with E-state index in [2.05, 4.69) is 5.32 Å². The number of hydrogen-bond donors (Lipinski definition) is 1. The quantitative estimate of drug-likeness (QED) is 0.911. The van der Waals surface area contributed by atoms with Gasteiger partial charge in [0, 0.05) is 25.0 Å². The molecule has 1 N–H and O–H groups in total. The van der Waals surface area contributed by atoms with E-state index in [-0.39, 0.29) is 36.0 Å². The molecule has 1 saturated carbocycles. The topological polar surface area (TPSA) is 49.4 Å². The number of amides is 2. The number of piperidine rings is 1. The molecule has 0 radical (unpaired) electrons. The van der Waals surface area contributed by atoms with E-state index >= 15 is 0 Å². The lowest BCUT2D eigenvalue weighted by atomic mass is 9.88. The fourth-order valence-corrected chi connectivity index (χ4v) is 3.87.